The van der Waals surface area contributed by atoms with Crippen LogP contribution in [0.25, 0.3) is 0 Å². The lowest BCUT2D eigenvalue weighted by atomic mass is 10.0. The van der Waals surface area contributed by atoms with Crippen molar-refractivity contribution in [1.82, 2.24) is 0 Å². The van der Waals surface area contributed by atoms with Gasteiger partial charge >= 0.3 is 0 Å². The Labute approximate surface area is 119 Å². The van der Waals surface area contributed by atoms with Gasteiger partial charge in [-0.05, 0) is 73.7 Å². The smallest absolute Gasteiger partial charge is 0.122 e. The molecule has 0 atom stereocenters. The summed E-state index contributed by atoms with van der Waals surface area (Å²) >= 11 is 0. The Morgan fingerprint density at radius 1 is 1.10 bits per heavy atom. The number of benzene rings is 2. The molecule has 3 heteroatoms. The summed E-state index contributed by atoms with van der Waals surface area (Å²) in [5, 5.41) is 3.41. The van der Waals surface area contributed by atoms with Crippen LogP contribution in [0.2, 0.25) is 0 Å². The zero-order chi connectivity index (χ0) is 14.1. The van der Waals surface area contributed by atoms with Gasteiger partial charge in [0.25, 0.3) is 0 Å². The summed E-state index contributed by atoms with van der Waals surface area (Å²) < 4.78 is 5.63. The molecule has 0 unspecified atom stereocenters. The van der Waals surface area contributed by atoms with Crippen LogP contribution in [-0.2, 0) is 6.42 Å². The van der Waals surface area contributed by atoms with Crippen molar-refractivity contribution in [2.24, 2.45) is 0 Å². The zero-order valence-corrected chi connectivity index (χ0v) is 12.0. The first kappa shape index (κ1) is 12.9. The van der Waals surface area contributed by atoms with Crippen LogP contribution in [-0.4, -0.2) is 6.61 Å². The highest BCUT2D eigenvalue weighted by molar-refractivity contribution is 5.74. The van der Waals surface area contributed by atoms with Crippen molar-refractivity contribution in [3.8, 4) is 5.75 Å². The molecule has 0 fully saturated rings. The third-order valence-electron chi connectivity index (χ3n) is 3.85. The van der Waals surface area contributed by atoms with Crippen molar-refractivity contribution in [2.75, 3.05) is 17.7 Å². The van der Waals surface area contributed by atoms with Crippen LogP contribution in [0.5, 0.6) is 5.75 Å². The lowest BCUT2D eigenvalue weighted by molar-refractivity contribution is 0.288. The fourth-order valence-electron chi connectivity index (χ4n) is 2.54. The molecule has 1 aliphatic heterocycles. The summed E-state index contributed by atoms with van der Waals surface area (Å²) in [6.45, 7) is 5.00. The first-order valence-corrected chi connectivity index (χ1v) is 7.03. The molecular weight excluding hydrogens is 248 g/mol. The number of hydrogen-bond acceptors (Lipinski definition) is 3. The zero-order valence-electron chi connectivity index (χ0n) is 12.0. The standard InChI is InChI=1S/C17H20N2O/c1-11-8-15(18)16(9-12(11)2)19-14-5-6-17-13(10-14)4-3-7-20-17/h5-6,8-10,19H,3-4,7,18H2,1-2H3. The highest BCUT2D eigenvalue weighted by atomic mass is 16.5. The molecule has 1 heterocycles. The van der Waals surface area contributed by atoms with Gasteiger partial charge in [-0.25, -0.2) is 0 Å². The Kier molecular flexibility index (Phi) is 3.26. The van der Waals surface area contributed by atoms with E-state index in [1.165, 1.54) is 16.7 Å². The summed E-state index contributed by atoms with van der Waals surface area (Å²) in [7, 11) is 0. The second-order valence-corrected chi connectivity index (χ2v) is 5.42. The molecule has 1 aliphatic rings. The maximum Gasteiger partial charge on any atom is 0.122 e. The molecule has 0 radical (unpaired) electrons. The molecule has 0 saturated heterocycles. The van der Waals surface area contributed by atoms with Crippen molar-refractivity contribution in [3.63, 3.8) is 0 Å². The van der Waals surface area contributed by atoms with Gasteiger partial charge in [-0.1, -0.05) is 0 Å². The molecule has 0 amide bonds. The molecule has 0 spiro atoms. The number of fused-ring (bicyclic) bond motifs is 1. The van der Waals surface area contributed by atoms with Crippen LogP contribution in [0.1, 0.15) is 23.1 Å². The summed E-state index contributed by atoms with van der Waals surface area (Å²) in [4.78, 5) is 0. The molecule has 0 aromatic heterocycles. The van der Waals surface area contributed by atoms with Gasteiger partial charge in [-0.2, -0.15) is 0 Å². The predicted molar refractivity (Wildman–Crippen MR) is 83.9 cm³/mol. The predicted octanol–water partition coefficient (Wildman–Crippen LogP) is 3.95. The topological polar surface area (TPSA) is 47.3 Å². The SMILES string of the molecule is Cc1cc(N)c(Nc2ccc3c(c2)CCCO3)cc1C. The fourth-order valence-corrected chi connectivity index (χ4v) is 2.54. The first-order chi connectivity index (χ1) is 9.63. The maximum absolute atomic E-state index is 6.09. The Hall–Kier alpha value is -2.16. The summed E-state index contributed by atoms with van der Waals surface area (Å²) in [5.41, 5.74) is 12.6. The second-order valence-electron chi connectivity index (χ2n) is 5.42. The van der Waals surface area contributed by atoms with Gasteiger partial charge in [0.05, 0.1) is 18.0 Å². The van der Waals surface area contributed by atoms with Crippen molar-refractivity contribution in [1.29, 1.82) is 0 Å². The minimum absolute atomic E-state index is 0.780. The number of anilines is 3. The number of rotatable bonds is 2. The molecule has 2 aromatic rings. The van der Waals surface area contributed by atoms with Crippen molar-refractivity contribution in [3.05, 3.63) is 47.0 Å². The average Bonchev–Trinajstić information content (AvgIpc) is 2.44. The van der Waals surface area contributed by atoms with E-state index in [0.717, 1.165) is 42.3 Å². The van der Waals surface area contributed by atoms with Gasteiger partial charge < -0.3 is 15.8 Å². The summed E-state index contributed by atoms with van der Waals surface area (Å²) in [6, 6.07) is 10.3. The lowest BCUT2D eigenvalue weighted by Crippen LogP contribution is -2.08. The Bertz CT molecular complexity index is 650. The van der Waals surface area contributed by atoms with Crippen molar-refractivity contribution >= 4 is 17.1 Å². The molecule has 0 saturated carbocycles. The van der Waals surface area contributed by atoms with Crippen molar-refractivity contribution in [2.45, 2.75) is 26.7 Å². The fraction of sp³-hybridized carbons (Fsp3) is 0.294. The van der Waals surface area contributed by atoms with E-state index in [4.69, 9.17) is 10.5 Å². The highest BCUT2D eigenvalue weighted by Crippen LogP contribution is 2.31. The second kappa shape index (κ2) is 5.08. The van der Waals surface area contributed by atoms with E-state index in [9.17, 15) is 0 Å². The van der Waals surface area contributed by atoms with Gasteiger partial charge in [0.1, 0.15) is 5.75 Å². The van der Waals surface area contributed by atoms with Gasteiger partial charge in [0, 0.05) is 5.69 Å². The van der Waals surface area contributed by atoms with E-state index >= 15 is 0 Å². The van der Waals surface area contributed by atoms with Crippen molar-refractivity contribution < 1.29 is 4.74 Å². The Balaban J connectivity index is 1.89. The molecule has 0 bridgehead atoms. The highest BCUT2D eigenvalue weighted by Gasteiger charge is 2.11. The summed E-state index contributed by atoms with van der Waals surface area (Å²) in [5.74, 6) is 1.01. The molecule has 20 heavy (non-hydrogen) atoms. The average molecular weight is 268 g/mol. The largest absolute Gasteiger partial charge is 0.493 e. The van der Waals surface area contributed by atoms with Crippen LogP contribution in [0.3, 0.4) is 0 Å². The number of aryl methyl sites for hydroxylation is 3. The first-order valence-electron chi connectivity index (χ1n) is 7.03. The minimum atomic E-state index is 0.780. The van der Waals surface area contributed by atoms with E-state index in [-0.39, 0.29) is 0 Å². The third kappa shape index (κ3) is 2.44. The Morgan fingerprint density at radius 3 is 2.75 bits per heavy atom. The van der Waals surface area contributed by atoms with Crippen LogP contribution < -0.4 is 15.8 Å². The maximum atomic E-state index is 6.09. The molecule has 3 N–H and O–H groups in total. The van der Waals surface area contributed by atoms with E-state index in [2.05, 4.69) is 31.3 Å². The van der Waals surface area contributed by atoms with Gasteiger partial charge in [-0.3, -0.25) is 0 Å². The van der Waals surface area contributed by atoms with Crippen LogP contribution in [0.4, 0.5) is 17.1 Å². The lowest BCUT2D eigenvalue weighted by Gasteiger charge is -2.19. The van der Waals surface area contributed by atoms with E-state index in [0.29, 0.717) is 0 Å². The molecule has 104 valence electrons. The molecule has 3 nitrogen and oxygen atoms in total. The van der Waals surface area contributed by atoms with E-state index in [1.807, 2.05) is 18.2 Å². The third-order valence-corrected chi connectivity index (χ3v) is 3.85. The number of ether oxygens (including phenoxy) is 1. The van der Waals surface area contributed by atoms with Gasteiger partial charge in [-0.15, -0.1) is 0 Å². The van der Waals surface area contributed by atoms with Gasteiger partial charge in [0.15, 0.2) is 0 Å². The van der Waals surface area contributed by atoms with Crippen LogP contribution in [0.15, 0.2) is 30.3 Å². The van der Waals surface area contributed by atoms with Crippen LogP contribution >= 0.6 is 0 Å². The molecule has 0 aliphatic carbocycles. The quantitative estimate of drug-likeness (QED) is 0.811. The number of nitrogens with two attached hydrogens (primary N) is 1. The van der Waals surface area contributed by atoms with Crippen LogP contribution in [0, 0.1) is 13.8 Å². The number of hydrogen-bond donors (Lipinski definition) is 2. The normalized spacial score (nSPS) is 13.5. The minimum Gasteiger partial charge on any atom is -0.493 e. The summed E-state index contributed by atoms with van der Waals surface area (Å²) in [6.07, 6.45) is 2.16. The molecular formula is C17H20N2O. The van der Waals surface area contributed by atoms with E-state index in [1.54, 1.807) is 0 Å². The molecule has 2 aromatic carbocycles. The van der Waals surface area contributed by atoms with E-state index < -0.39 is 0 Å². The van der Waals surface area contributed by atoms with Gasteiger partial charge in [0.2, 0.25) is 0 Å². The monoisotopic (exact) mass is 268 g/mol. The Morgan fingerprint density at radius 2 is 1.90 bits per heavy atom. The number of nitrogens with one attached hydrogen (secondary N) is 1. The molecule has 3 rings (SSSR count). The number of nitrogen functional groups attached to an aromatic ring is 1.